The quantitative estimate of drug-likeness (QED) is 0.692. The highest BCUT2D eigenvalue weighted by Crippen LogP contribution is 2.27. The van der Waals surface area contributed by atoms with Crippen LogP contribution in [0.4, 0.5) is 0 Å². The van der Waals surface area contributed by atoms with Gasteiger partial charge in [-0.25, -0.2) is 13.1 Å². The second-order valence-electron chi connectivity index (χ2n) is 3.98. The Bertz CT molecular complexity index is 320. The molecule has 0 aromatic heterocycles. The van der Waals surface area contributed by atoms with Crippen molar-refractivity contribution in [2.24, 2.45) is 11.7 Å². The molecule has 0 aliphatic heterocycles. The molecule has 6 heteroatoms. The topological polar surface area (TPSA) is 72.2 Å². The Labute approximate surface area is 90.3 Å². The van der Waals surface area contributed by atoms with Crippen LogP contribution in [0.5, 0.6) is 0 Å². The first kappa shape index (κ1) is 11.9. The molecule has 4 nitrogen and oxygen atoms in total. The molecule has 0 spiro atoms. The molecule has 0 aromatic carbocycles. The molecule has 14 heavy (non-hydrogen) atoms. The van der Waals surface area contributed by atoms with Gasteiger partial charge in [-0.3, -0.25) is 0 Å². The molecule has 1 fully saturated rings. The van der Waals surface area contributed by atoms with Gasteiger partial charge in [0.15, 0.2) is 0 Å². The Morgan fingerprint density at radius 2 is 2.07 bits per heavy atom. The van der Waals surface area contributed by atoms with Crippen molar-refractivity contribution in [2.45, 2.75) is 38.0 Å². The van der Waals surface area contributed by atoms with Crippen molar-refractivity contribution in [1.29, 1.82) is 0 Å². The number of sulfonamides is 1. The minimum atomic E-state index is -3.36. The Kier molecular flexibility index (Phi) is 3.49. The highest BCUT2D eigenvalue weighted by Gasteiger charge is 2.32. The number of hydrogen-bond acceptors (Lipinski definition) is 3. The van der Waals surface area contributed by atoms with Crippen LogP contribution in [0.15, 0.2) is 0 Å². The Hall–Kier alpha value is -0.200. The van der Waals surface area contributed by atoms with Gasteiger partial charge in [0.2, 0.25) is 10.0 Å². The molecule has 3 N–H and O–H groups in total. The number of nitrogens with two attached hydrogens (primary N) is 1. The molecule has 0 heterocycles. The van der Waals surface area contributed by atoms with Gasteiger partial charge < -0.3 is 5.73 Å². The van der Waals surface area contributed by atoms with Gasteiger partial charge in [0.1, 0.15) is 5.25 Å². The lowest BCUT2D eigenvalue weighted by Gasteiger charge is -2.33. The van der Waals surface area contributed by atoms with Crippen LogP contribution < -0.4 is 10.5 Å². The highest BCUT2D eigenvalue weighted by atomic mass is 32.2. The molecule has 1 atom stereocenters. The summed E-state index contributed by atoms with van der Waals surface area (Å²) in [7, 11) is -3.36. The fourth-order valence-corrected chi connectivity index (χ4v) is 3.03. The van der Waals surface area contributed by atoms with Gasteiger partial charge in [-0.1, -0.05) is 19.1 Å². The SMILES string of the molecule is CC1CC(NS(=O)(=O)C(C)C(N)=S)C1. The third-order valence-corrected chi connectivity index (χ3v) is 4.92. The van der Waals surface area contributed by atoms with Crippen molar-refractivity contribution in [2.75, 3.05) is 0 Å². The number of hydrogen-bond donors (Lipinski definition) is 2. The van der Waals surface area contributed by atoms with E-state index in [1.807, 2.05) is 0 Å². The van der Waals surface area contributed by atoms with Gasteiger partial charge in [0, 0.05) is 6.04 Å². The van der Waals surface area contributed by atoms with Crippen LogP contribution in [-0.2, 0) is 10.0 Å². The summed E-state index contributed by atoms with van der Waals surface area (Å²) in [5.74, 6) is 0.614. The summed E-state index contributed by atoms with van der Waals surface area (Å²) < 4.78 is 25.8. The molecular weight excluding hydrogens is 220 g/mol. The van der Waals surface area contributed by atoms with Crippen molar-refractivity contribution in [3.8, 4) is 0 Å². The molecule has 0 saturated heterocycles. The molecule has 0 aromatic rings. The Morgan fingerprint density at radius 3 is 2.43 bits per heavy atom. The Balaban J connectivity index is 2.54. The van der Waals surface area contributed by atoms with Gasteiger partial charge in [0.25, 0.3) is 0 Å². The standard InChI is InChI=1S/C8H16N2O2S2/c1-5-3-7(4-5)10-14(11,12)6(2)8(9)13/h5-7,10H,3-4H2,1-2H3,(H2,9,13). The van der Waals surface area contributed by atoms with Crippen molar-refractivity contribution in [1.82, 2.24) is 4.72 Å². The lowest BCUT2D eigenvalue weighted by molar-refractivity contribution is 0.270. The summed E-state index contributed by atoms with van der Waals surface area (Å²) in [5.41, 5.74) is 5.30. The first-order valence-corrected chi connectivity index (χ1v) is 6.59. The van der Waals surface area contributed by atoms with E-state index in [1.165, 1.54) is 6.92 Å². The molecule has 0 amide bonds. The van der Waals surface area contributed by atoms with Crippen LogP contribution in [0.3, 0.4) is 0 Å². The predicted molar refractivity (Wildman–Crippen MR) is 60.5 cm³/mol. The molecule has 1 saturated carbocycles. The molecular formula is C8H16N2O2S2. The van der Waals surface area contributed by atoms with Gasteiger partial charge in [-0.2, -0.15) is 0 Å². The first-order valence-electron chi connectivity index (χ1n) is 4.63. The summed E-state index contributed by atoms with van der Waals surface area (Å²) >= 11 is 4.66. The van der Waals surface area contributed by atoms with Crippen molar-refractivity contribution < 1.29 is 8.42 Å². The van der Waals surface area contributed by atoms with Crippen LogP contribution in [0.1, 0.15) is 26.7 Å². The normalized spacial score (nSPS) is 29.3. The van der Waals surface area contributed by atoms with Crippen LogP contribution >= 0.6 is 12.2 Å². The zero-order chi connectivity index (χ0) is 10.9. The molecule has 0 bridgehead atoms. The van der Waals surface area contributed by atoms with E-state index >= 15 is 0 Å². The van der Waals surface area contributed by atoms with Crippen LogP contribution in [0, 0.1) is 5.92 Å². The maximum absolute atomic E-state index is 11.6. The fourth-order valence-electron chi connectivity index (χ4n) is 1.49. The smallest absolute Gasteiger partial charge is 0.220 e. The van der Waals surface area contributed by atoms with Crippen LogP contribution in [-0.4, -0.2) is 24.7 Å². The Morgan fingerprint density at radius 1 is 1.57 bits per heavy atom. The molecule has 1 aliphatic rings. The maximum Gasteiger partial charge on any atom is 0.220 e. The van der Waals surface area contributed by atoms with Crippen molar-refractivity contribution in [3.63, 3.8) is 0 Å². The second-order valence-corrected chi connectivity index (χ2v) is 6.49. The van der Waals surface area contributed by atoms with E-state index in [2.05, 4.69) is 23.9 Å². The number of rotatable bonds is 4. The summed E-state index contributed by atoms with van der Waals surface area (Å²) in [4.78, 5) is 0.0184. The van der Waals surface area contributed by atoms with E-state index in [4.69, 9.17) is 5.73 Å². The summed E-state index contributed by atoms with van der Waals surface area (Å²) in [6, 6.07) is 0.0757. The summed E-state index contributed by atoms with van der Waals surface area (Å²) in [6.07, 6.45) is 1.81. The zero-order valence-corrected chi connectivity index (χ0v) is 9.99. The average Bonchev–Trinajstić information content (AvgIpc) is 1.99. The van der Waals surface area contributed by atoms with E-state index < -0.39 is 15.3 Å². The fraction of sp³-hybridized carbons (Fsp3) is 0.875. The van der Waals surface area contributed by atoms with Gasteiger partial charge in [-0.15, -0.1) is 0 Å². The van der Waals surface area contributed by atoms with E-state index in [9.17, 15) is 8.42 Å². The number of nitrogens with one attached hydrogen (secondary N) is 1. The second kappa shape index (κ2) is 4.12. The lowest BCUT2D eigenvalue weighted by atomic mass is 9.83. The molecule has 1 rings (SSSR count). The first-order chi connectivity index (χ1) is 6.33. The largest absolute Gasteiger partial charge is 0.392 e. The zero-order valence-electron chi connectivity index (χ0n) is 8.36. The predicted octanol–water partition coefficient (Wildman–Crippen LogP) is 0.379. The number of thiocarbonyl (C=S) groups is 1. The molecule has 0 radical (unpaired) electrons. The van der Waals surface area contributed by atoms with Gasteiger partial charge in [0.05, 0.1) is 4.99 Å². The van der Waals surface area contributed by atoms with Crippen molar-refractivity contribution in [3.05, 3.63) is 0 Å². The van der Waals surface area contributed by atoms with Gasteiger partial charge in [-0.05, 0) is 25.7 Å². The monoisotopic (exact) mass is 236 g/mol. The van der Waals surface area contributed by atoms with E-state index in [0.717, 1.165) is 12.8 Å². The minimum absolute atomic E-state index is 0.0184. The molecule has 1 aliphatic carbocycles. The molecule has 82 valence electrons. The summed E-state index contributed by atoms with van der Waals surface area (Å²) in [5, 5.41) is -0.784. The minimum Gasteiger partial charge on any atom is -0.392 e. The van der Waals surface area contributed by atoms with E-state index in [0.29, 0.717) is 5.92 Å². The summed E-state index contributed by atoms with van der Waals surface area (Å²) in [6.45, 7) is 3.61. The van der Waals surface area contributed by atoms with Crippen LogP contribution in [0.25, 0.3) is 0 Å². The average molecular weight is 236 g/mol. The molecule has 1 unspecified atom stereocenters. The van der Waals surface area contributed by atoms with E-state index in [-0.39, 0.29) is 11.0 Å². The maximum atomic E-state index is 11.6. The third-order valence-electron chi connectivity index (χ3n) is 2.57. The lowest BCUT2D eigenvalue weighted by Crippen LogP contribution is -2.48. The highest BCUT2D eigenvalue weighted by molar-refractivity contribution is 7.93. The van der Waals surface area contributed by atoms with Crippen LogP contribution in [0.2, 0.25) is 0 Å². The van der Waals surface area contributed by atoms with Gasteiger partial charge >= 0.3 is 0 Å². The third kappa shape index (κ3) is 2.65. The van der Waals surface area contributed by atoms with Crippen molar-refractivity contribution >= 4 is 27.2 Å². The van der Waals surface area contributed by atoms with E-state index in [1.54, 1.807) is 0 Å².